The zero-order chi connectivity index (χ0) is 28.6. The summed E-state index contributed by atoms with van der Waals surface area (Å²) in [6.45, 7) is 5.69. The van der Waals surface area contributed by atoms with Gasteiger partial charge in [-0.05, 0) is 72.8 Å². The highest BCUT2D eigenvalue weighted by Crippen LogP contribution is 2.45. The van der Waals surface area contributed by atoms with E-state index in [1.54, 1.807) is 10.5 Å². The topological polar surface area (TPSA) is 88.4 Å². The molecule has 2 unspecified atom stereocenters. The lowest BCUT2D eigenvalue weighted by Crippen LogP contribution is -2.39. The van der Waals surface area contributed by atoms with Crippen LogP contribution in [0.3, 0.4) is 0 Å². The molecule has 0 radical (unpaired) electrons. The minimum absolute atomic E-state index is 0.0791. The van der Waals surface area contributed by atoms with Gasteiger partial charge in [0.15, 0.2) is 0 Å². The number of hydrogen-bond donors (Lipinski definition) is 0. The molecule has 1 aliphatic carbocycles. The van der Waals surface area contributed by atoms with Crippen molar-refractivity contribution >= 4 is 27.6 Å². The molecule has 41 heavy (non-hydrogen) atoms. The van der Waals surface area contributed by atoms with E-state index in [1.807, 2.05) is 29.7 Å². The van der Waals surface area contributed by atoms with Crippen LogP contribution in [-0.4, -0.2) is 70.5 Å². The van der Waals surface area contributed by atoms with Crippen LogP contribution in [0.25, 0.3) is 11.6 Å². The van der Waals surface area contributed by atoms with Crippen molar-refractivity contribution < 1.29 is 13.2 Å². The van der Waals surface area contributed by atoms with Crippen molar-refractivity contribution in [1.29, 1.82) is 0 Å². The first-order valence-electron chi connectivity index (χ1n) is 14.7. The van der Waals surface area contributed by atoms with E-state index in [0.29, 0.717) is 31.8 Å². The summed E-state index contributed by atoms with van der Waals surface area (Å²) in [5.41, 5.74) is 6.94. The Morgan fingerprint density at radius 2 is 1.90 bits per heavy atom. The van der Waals surface area contributed by atoms with Gasteiger partial charge >= 0.3 is 0 Å². The van der Waals surface area contributed by atoms with Crippen LogP contribution in [0.15, 0.2) is 55.2 Å². The summed E-state index contributed by atoms with van der Waals surface area (Å²) in [7, 11) is -3.19. The van der Waals surface area contributed by atoms with Crippen LogP contribution >= 0.6 is 0 Å². The molecule has 3 aromatic rings. The molecule has 216 valence electrons. The molecule has 0 bridgehead atoms. The molecule has 0 saturated carbocycles. The number of pyridine rings is 1. The minimum Gasteiger partial charge on any atom is -0.342 e. The first kappa shape index (κ1) is 27.8. The summed E-state index contributed by atoms with van der Waals surface area (Å²) in [5.74, 6) is 1.03. The monoisotopic (exact) mass is 573 g/mol. The van der Waals surface area contributed by atoms with Crippen LogP contribution in [0.5, 0.6) is 0 Å². The van der Waals surface area contributed by atoms with Crippen LogP contribution in [-0.2, 0) is 21.4 Å². The molecule has 4 heterocycles. The number of nitrogens with zero attached hydrogens (tertiary/aromatic N) is 5. The molecule has 2 fully saturated rings. The number of carbonyl (C=O) groups is 1. The van der Waals surface area contributed by atoms with E-state index in [-0.39, 0.29) is 17.7 Å². The predicted molar refractivity (Wildman–Crippen MR) is 160 cm³/mol. The van der Waals surface area contributed by atoms with E-state index in [1.165, 1.54) is 22.9 Å². The molecule has 2 atom stereocenters. The zero-order valence-corrected chi connectivity index (χ0v) is 24.8. The number of imidazole rings is 1. The second-order valence-corrected chi connectivity index (χ2v) is 14.0. The Labute approximate surface area is 243 Å². The number of rotatable bonds is 7. The SMILES string of the molecule is Cc1ccc2c(c1)C=C(CCC(=O)N1CCC(Cn3ccnc3)C1)c1cccnc1C2C1CCN(S(C)(=O)=O)CC1. The summed E-state index contributed by atoms with van der Waals surface area (Å²) >= 11 is 0. The number of aryl methyl sites for hydroxylation is 1. The average molecular weight is 574 g/mol. The number of likely N-dealkylation sites (tertiary alicyclic amines) is 1. The molecule has 2 saturated heterocycles. The minimum atomic E-state index is -3.19. The van der Waals surface area contributed by atoms with Crippen LogP contribution in [0, 0.1) is 18.8 Å². The number of aromatic nitrogens is 3. The van der Waals surface area contributed by atoms with Crippen molar-refractivity contribution in [2.45, 2.75) is 51.5 Å². The quantitative estimate of drug-likeness (QED) is 0.413. The Morgan fingerprint density at radius 1 is 1.07 bits per heavy atom. The fourth-order valence-corrected chi connectivity index (χ4v) is 7.85. The molecule has 2 aliphatic heterocycles. The maximum atomic E-state index is 13.4. The van der Waals surface area contributed by atoms with E-state index in [9.17, 15) is 13.2 Å². The van der Waals surface area contributed by atoms with E-state index in [4.69, 9.17) is 4.98 Å². The van der Waals surface area contributed by atoms with Gasteiger partial charge < -0.3 is 9.47 Å². The number of hydrogen-bond acceptors (Lipinski definition) is 5. The van der Waals surface area contributed by atoms with Crippen LogP contribution < -0.4 is 0 Å². The molecule has 0 N–H and O–H groups in total. The Morgan fingerprint density at radius 3 is 2.66 bits per heavy atom. The number of fused-ring (bicyclic) bond motifs is 2. The van der Waals surface area contributed by atoms with E-state index in [0.717, 1.165) is 55.7 Å². The summed E-state index contributed by atoms with van der Waals surface area (Å²) in [4.78, 5) is 24.5. The van der Waals surface area contributed by atoms with E-state index < -0.39 is 10.0 Å². The Balaban J connectivity index is 1.23. The first-order chi connectivity index (χ1) is 19.8. The molecular weight excluding hydrogens is 534 g/mol. The lowest BCUT2D eigenvalue weighted by Gasteiger charge is -2.35. The fraction of sp³-hybridized carbons (Fsp3) is 0.469. The summed E-state index contributed by atoms with van der Waals surface area (Å²) in [6.07, 6.45) is 14.8. The second-order valence-electron chi connectivity index (χ2n) is 12.0. The highest BCUT2D eigenvalue weighted by atomic mass is 32.2. The van der Waals surface area contributed by atoms with Gasteiger partial charge in [0.25, 0.3) is 0 Å². The first-order valence-corrected chi connectivity index (χ1v) is 16.6. The number of carbonyl (C=O) groups excluding carboxylic acids is 1. The normalized spacial score (nSPS) is 21.7. The van der Waals surface area contributed by atoms with Gasteiger partial charge in [-0.2, -0.15) is 0 Å². The Hall–Kier alpha value is -3.30. The third-order valence-electron chi connectivity index (χ3n) is 9.10. The number of amides is 1. The number of allylic oxidation sites excluding steroid dienone is 1. The third-order valence-corrected chi connectivity index (χ3v) is 10.4. The highest BCUT2D eigenvalue weighted by molar-refractivity contribution is 7.88. The lowest BCUT2D eigenvalue weighted by atomic mass is 9.76. The molecule has 3 aliphatic rings. The van der Waals surface area contributed by atoms with Crippen LogP contribution in [0.4, 0.5) is 0 Å². The van der Waals surface area contributed by atoms with Crippen LogP contribution in [0.2, 0.25) is 0 Å². The van der Waals surface area contributed by atoms with Crippen molar-refractivity contribution in [3.63, 3.8) is 0 Å². The lowest BCUT2D eigenvalue weighted by molar-refractivity contribution is -0.130. The van der Waals surface area contributed by atoms with Gasteiger partial charge in [-0.3, -0.25) is 9.78 Å². The highest BCUT2D eigenvalue weighted by Gasteiger charge is 2.36. The number of benzene rings is 1. The second kappa shape index (κ2) is 11.5. The largest absolute Gasteiger partial charge is 0.342 e. The van der Waals surface area contributed by atoms with E-state index >= 15 is 0 Å². The average Bonchev–Trinajstić information content (AvgIpc) is 3.62. The summed E-state index contributed by atoms with van der Waals surface area (Å²) in [5, 5.41) is 0. The van der Waals surface area contributed by atoms with Gasteiger partial charge in [-0.1, -0.05) is 35.9 Å². The van der Waals surface area contributed by atoms with Gasteiger partial charge in [0.05, 0.1) is 18.3 Å². The maximum Gasteiger partial charge on any atom is 0.222 e. The molecule has 1 aromatic carbocycles. The predicted octanol–water partition coefficient (Wildman–Crippen LogP) is 4.57. The molecule has 0 spiro atoms. The van der Waals surface area contributed by atoms with Gasteiger partial charge in [-0.25, -0.2) is 17.7 Å². The molecule has 9 heteroatoms. The molecule has 8 nitrogen and oxygen atoms in total. The summed E-state index contributed by atoms with van der Waals surface area (Å²) < 4.78 is 28.1. The van der Waals surface area contributed by atoms with Gasteiger partial charge in [0, 0.05) is 63.7 Å². The van der Waals surface area contributed by atoms with Crippen LogP contribution in [0.1, 0.15) is 66.0 Å². The van der Waals surface area contributed by atoms with E-state index in [2.05, 4.69) is 46.8 Å². The van der Waals surface area contributed by atoms with Crippen molar-refractivity contribution in [2.24, 2.45) is 11.8 Å². The van der Waals surface area contributed by atoms with Gasteiger partial charge in [0.1, 0.15) is 0 Å². The van der Waals surface area contributed by atoms with Crippen molar-refractivity contribution in [1.82, 2.24) is 23.7 Å². The van der Waals surface area contributed by atoms with Crippen molar-refractivity contribution in [2.75, 3.05) is 32.4 Å². The molecule has 6 rings (SSSR count). The van der Waals surface area contributed by atoms with Gasteiger partial charge in [0.2, 0.25) is 15.9 Å². The Kier molecular flexibility index (Phi) is 7.83. The maximum absolute atomic E-state index is 13.4. The number of piperidine rings is 1. The smallest absolute Gasteiger partial charge is 0.222 e. The van der Waals surface area contributed by atoms with Crippen molar-refractivity contribution in [3.05, 3.63) is 83.2 Å². The fourth-order valence-electron chi connectivity index (χ4n) is 6.98. The molecule has 1 amide bonds. The zero-order valence-electron chi connectivity index (χ0n) is 23.9. The number of sulfonamides is 1. The standard InChI is InChI=1S/C32H39N5O3S/c1-23-5-7-28-27(18-23)19-26(6-8-30(38)36-14-9-24(21-36)20-35-17-13-33-22-35)29-4-3-12-34-32(29)31(28)25-10-15-37(16-11-25)41(2,39)40/h3-5,7,12-13,17-19,22,24-25,31H,6,8-11,14-16,20-21H2,1-2H3. The third kappa shape index (κ3) is 6.02. The molecular formula is C32H39N5O3S. The summed E-state index contributed by atoms with van der Waals surface area (Å²) in [6, 6.07) is 10.8. The molecule has 2 aromatic heterocycles. The Bertz CT molecular complexity index is 1540. The van der Waals surface area contributed by atoms with Gasteiger partial charge in [-0.15, -0.1) is 0 Å². The van der Waals surface area contributed by atoms with Crippen molar-refractivity contribution in [3.8, 4) is 0 Å².